The van der Waals surface area contributed by atoms with Crippen molar-refractivity contribution in [2.24, 2.45) is 4.99 Å². The van der Waals surface area contributed by atoms with Gasteiger partial charge in [0.1, 0.15) is 5.04 Å². The third-order valence-corrected chi connectivity index (χ3v) is 3.60. The van der Waals surface area contributed by atoms with Crippen molar-refractivity contribution in [1.82, 2.24) is 0 Å². The molecule has 1 amide bonds. The highest BCUT2D eigenvalue weighted by Crippen LogP contribution is 2.29. The van der Waals surface area contributed by atoms with E-state index in [9.17, 15) is 14.7 Å². The molecule has 17 heavy (non-hydrogen) atoms. The summed E-state index contributed by atoms with van der Waals surface area (Å²) in [4.78, 5) is 25.7. The Morgan fingerprint density at radius 2 is 2.29 bits per heavy atom. The lowest BCUT2D eigenvalue weighted by molar-refractivity contribution is -0.305. The third kappa shape index (κ3) is 2.87. The van der Waals surface area contributed by atoms with Crippen molar-refractivity contribution in [2.75, 3.05) is 0 Å². The average molecular weight is 269 g/mol. The topological polar surface area (TPSA) is 69.6 Å². The summed E-state index contributed by atoms with van der Waals surface area (Å²) in [5, 5.41) is 10.8. The monoisotopic (exact) mass is 268 g/mol. The first-order valence-electron chi connectivity index (χ1n) is 4.81. The first-order valence-corrected chi connectivity index (χ1v) is 6.07. The van der Waals surface area contributed by atoms with E-state index in [1.54, 1.807) is 24.3 Å². The van der Waals surface area contributed by atoms with Crippen LogP contribution >= 0.6 is 23.4 Å². The number of rotatable bonds is 3. The summed E-state index contributed by atoms with van der Waals surface area (Å²) in [6, 6.07) is 6.91. The number of carboxylic acid groups (broad SMARTS) is 1. The Balaban J connectivity index is 2.18. The fourth-order valence-electron chi connectivity index (χ4n) is 1.42. The van der Waals surface area contributed by atoms with Crippen LogP contribution in [0.1, 0.15) is 12.0 Å². The van der Waals surface area contributed by atoms with Gasteiger partial charge in [-0.15, -0.1) is 0 Å². The molecule has 1 aromatic rings. The summed E-state index contributed by atoms with van der Waals surface area (Å²) in [5.74, 6) is -1.69. The number of hydrogen-bond donors (Lipinski definition) is 0. The minimum Gasteiger partial charge on any atom is -0.550 e. The maximum Gasteiger partial charge on any atom is 0.260 e. The molecule has 0 spiro atoms. The highest BCUT2D eigenvalue weighted by molar-refractivity contribution is 8.16. The predicted octanol–water partition coefficient (Wildman–Crippen LogP) is 0.869. The van der Waals surface area contributed by atoms with Gasteiger partial charge in [0.2, 0.25) is 0 Å². The zero-order chi connectivity index (χ0) is 12.4. The van der Waals surface area contributed by atoms with Crippen molar-refractivity contribution in [3.63, 3.8) is 0 Å². The lowest BCUT2D eigenvalue weighted by Gasteiger charge is -2.07. The summed E-state index contributed by atoms with van der Waals surface area (Å²) in [7, 11) is 0. The van der Waals surface area contributed by atoms with Gasteiger partial charge in [-0.05, 0) is 12.1 Å². The van der Waals surface area contributed by atoms with Crippen LogP contribution in [0, 0.1) is 0 Å². The molecule has 2 rings (SSSR count). The maximum absolute atomic E-state index is 11.4. The van der Waals surface area contributed by atoms with Crippen LogP contribution in [-0.2, 0) is 9.59 Å². The second-order valence-electron chi connectivity index (χ2n) is 3.45. The smallest absolute Gasteiger partial charge is 0.260 e. The number of benzene rings is 1. The van der Waals surface area contributed by atoms with E-state index < -0.39 is 17.1 Å². The predicted molar refractivity (Wildman–Crippen MR) is 64.0 cm³/mol. The fourth-order valence-corrected chi connectivity index (χ4v) is 2.66. The molecule has 0 radical (unpaired) electrons. The number of nitrogens with zero attached hydrogens (tertiary/aromatic N) is 1. The summed E-state index contributed by atoms with van der Waals surface area (Å²) < 4.78 is 0. The third-order valence-electron chi connectivity index (χ3n) is 2.16. The molecule has 88 valence electrons. The normalized spacial score (nSPS) is 19.2. The van der Waals surface area contributed by atoms with Gasteiger partial charge in [0.25, 0.3) is 5.91 Å². The van der Waals surface area contributed by atoms with E-state index in [1.165, 1.54) is 0 Å². The maximum atomic E-state index is 11.4. The molecular formula is C11H7ClNO3S-. The van der Waals surface area contributed by atoms with Crippen LogP contribution in [0.15, 0.2) is 29.3 Å². The molecule has 0 saturated heterocycles. The molecule has 0 N–H and O–H groups in total. The van der Waals surface area contributed by atoms with Gasteiger partial charge in [-0.1, -0.05) is 35.5 Å². The van der Waals surface area contributed by atoms with Crippen molar-refractivity contribution in [1.29, 1.82) is 0 Å². The van der Waals surface area contributed by atoms with Crippen LogP contribution in [0.3, 0.4) is 0 Å². The Kier molecular flexibility index (Phi) is 3.49. The second kappa shape index (κ2) is 4.89. The zero-order valence-electron chi connectivity index (χ0n) is 8.55. The number of aliphatic carboxylic acids is 1. The van der Waals surface area contributed by atoms with Crippen LogP contribution in [0.25, 0.3) is 0 Å². The number of halogens is 1. The fraction of sp³-hybridized carbons (Fsp3) is 0.182. The van der Waals surface area contributed by atoms with Gasteiger partial charge in [0.15, 0.2) is 0 Å². The number of carbonyl (C=O) groups excluding carboxylic acids is 2. The van der Waals surface area contributed by atoms with E-state index in [2.05, 4.69) is 4.99 Å². The molecule has 0 aromatic heterocycles. The largest absolute Gasteiger partial charge is 0.550 e. The van der Waals surface area contributed by atoms with Gasteiger partial charge in [0.05, 0.1) is 5.25 Å². The quantitative estimate of drug-likeness (QED) is 0.816. The van der Waals surface area contributed by atoms with Gasteiger partial charge in [-0.2, -0.15) is 0 Å². The molecule has 6 heteroatoms. The first kappa shape index (κ1) is 12.1. The number of amides is 1. The molecule has 1 atom stereocenters. The summed E-state index contributed by atoms with van der Waals surface area (Å²) >= 11 is 6.96. The SMILES string of the molecule is O=C([O-])C[C@@H]1SC(c2cccc(Cl)c2)=NC1=O. The molecule has 1 aliphatic heterocycles. The molecule has 1 aliphatic rings. The second-order valence-corrected chi connectivity index (χ2v) is 5.08. The van der Waals surface area contributed by atoms with E-state index in [4.69, 9.17) is 11.6 Å². The van der Waals surface area contributed by atoms with E-state index in [0.717, 1.165) is 17.3 Å². The number of aliphatic imine (C=N–C) groups is 1. The molecule has 1 heterocycles. The van der Waals surface area contributed by atoms with Crippen LogP contribution in [0.2, 0.25) is 5.02 Å². The molecule has 0 unspecified atom stereocenters. The Labute approximate surface area is 107 Å². The van der Waals surface area contributed by atoms with E-state index in [1.807, 2.05) is 0 Å². The Bertz CT molecular complexity index is 515. The number of thioether (sulfide) groups is 1. The molecule has 0 saturated carbocycles. The van der Waals surface area contributed by atoms with Gasteiger partial charge >= 0.3 is 0 Å². The molecule has 1 aromatic carbocycles. The summed E-state index contributed by atoms with van der Waals surface area (Å²) in [5.41, 5.74) is 0.719. The van der Waals surface area contributed by atoms with Crippen molar-refractivity contribution < 1.29 is 14.7 Å². The van der Waals surface area contributed by atoms with Crippen LogP contribution in [0.5, 0.6) is 0 Å². The molecule has 0 fully saturated rings. The lowest BCUT2D eigenvalue weighted by atomic mass is 10.2. The molecule has 4 nitrogen and oxygen atoms in total. The molecular weight excluding hydrogens is 262 g/mol. The minimum absolute atomic E-state index is 0.322. The first-order chi connectivity index (χ1) is 8.06. The highest BCUT2D eigenvalue weighted by Gasteiger charge is 2.28. The Morgan fingerprint density at radius 1 is 1.53 bits per heavy atom. The summed E-state index contributed by atoms with van der Waals surface area (Å²) in [6.07, 6.45) is -0.322. The zero-order valence-corrected chi connectivity index (χ0v) is 10.1. The van der Waals surface area contributed by atoms with Crippen LogP contribution in [0.4, 0.5) is 0 Å². The van der Waals surface area contributed by atoms with Crippen molar-refractivity contribution >= 4 is 40.3 Å². The van der Waals surface area contributed by atoms with Crippen LogP contribution < -0.4 is 5.11 Å². The number of carboxylic acids is 1. The van der Waals surface area contributed by atoms with Gasteiger partial charge in [-0.25, -0.2) is 4.99 Å². The molecule has 0 aliphatic carbocycles. The van der Waals surface area contributed by atoms with Crippen molar-refractivity contribution in [3.05, 3.63) is 34.9 Å². The highest BCUT2D eigenvalue weighted by atomic mass is 35.5. The van der Waals surface area contributed by atoms with E-state index in [-0.39, 0.29) is 6.42 Å². The van der Waals surface area contributed by atoms with Crippen molar-refractivity contribution in [2.45, 2.75) is 11.7 Å². The standard InChI is InChI=1S/C11H8ClNO3S/c12-7-3-1-2-6(4-7)11-13-10(16)8(17-11)5-9(14)15/h1-4,8H,5H2,(H,14,15)/p-1/t8-/m0/s1. The van der Waals surface area contributed by atoms with Gasteiger partial charge in [0, 0.05) is 23.0 Å². The Morgan fingerprint density at radius 3 is 2.94 bits per heavy atom. The minimum atomic E-state index is -1.25. The van der Waals surface area contributed by atoms with Gasteiger partial charge in [-0.3, -0.25) is 4.79 Å². The van der Waals surface area contributed by atoms with E-state index >= 15 is 0 Å². The molecule has 0 bridgehead atoms. The van der Waals surface area contributed by atoms with Crippen LogP contribution in [-0.4, -0.2) is 22.2 Å². The summed E-state index contributed by atoms with van der Waals surface area (Å²) in [6.45, 7) is 0. The average Bonchev–Trinajstić information content (AvgIpc) is 2.59. The number of carbonyl (C=O) groups is 2. The number of hydrogen-bond acceptors (Lipinski definition) is 4. The van der Waals surface area contributed by atoms with Crippen molar-refractivity contribution in [3.8, 4) is 0 Å². The van der Waals surface area contributed by atoms with Gasteiger partial charge < -0.3 is 9.90 Å². The Hall–Kier alpha value is -1.33. The van der Waals surface area contributed by atoms with E-state index in [0.29, 0.717) is 10.1 Å². The lowest BCUT2D eigenvalue weighted by Crippen LogP contribution is -2.28.